The summed E-state index contributed by atoms with van der Waals surface area (Å²) >= 11 is 0. The summed E-state index contributed by atoms with van der Waals surface area (Å²) < 4.78 is 0. The van der Waals surface area contributed by atoms with Crippen LogP contribution in [0.1, 0.15) is 42.5 Å². The van der Waals surface area contributed by atoms with Crippen LogP contribution in [0.15, 0.2) is 24.8 Å². The molecule has 25 heavy (non-hydrogen) atoms. The van der Waals surface area contributed by atoms with Crippen LogP contribution in [0.3, 0.4) is 0 Å². The van der Waals surface area contributed by atoms with E-state index in [2.05, 4.69) is 36.7 Å². The third kappa shape index (κ3) is 5.03. The molecule has 1 aliphatic heterocycles. The minimum Gasteiger partial charge on any atom is -0.295 e. The molecule has 6 heteroatoms. The fourth-order valence-electron chi connectivity index (χ4n) is 3.36. The molecule has 134 valence electrons. The van der Waals surface area contributed by atoms with Gasteiger partial charge in [-0.1, -0.05) is 13.3 Å². The fourth-order valence-corrected chi connectivity index (χ4v) is 3.36. The smallest absolute Gasteiger partial charge is 0.0727 e. The summed E-state index contributed by atoms with van der Waals surface area (Å²) in [5.41, 5.74) is 4.05. The lowest BCUT2D eigenvalue weighted by atomic mass is 10.1. The first-order chi connectivity index (χ1) is 12.1. The van der Waals surface area contributed by atoms with Crippen molar-refractivity contribution < 1.29 is 0 Å². The first-order valence-electron chi connectivity index (χ1n) is 9.15. The molecule has 1 saturated heterocycles. The van der Waals surface area contributed by atoms with Crippen LogP contribution in [-0.4, -0.2) is 55.4 Å². The molecule has 0 aliphatic carbocycles. The number of aryl methyl sites for hydroxylation is 2. The van der Waals surface area contributed by atoms with Crippen molar-refractivity contribution in [3.05, 3.63) is 47.6 Å². The van der Waals surface area contributed by atoms with E-state index < -0.39 is 0 Å². The van der Waals surface area contributed by atoms with Crippen LogP contribution < -0.4 is 0 Å². The Morgan fingerprint density at radius 3 is 2.08 bits per heavy atom. The molecule has 3 heterocycles. The van der Waals surface area contributed by atoms with Crippen molar-refractivity contribution in [3.63, 3.8) is 0 Å². The lowest BCUT2D eigenvalue weighted by Crippen LogP contribution is -2.52. The Balaban J connectivity index is 1.61. The molecule has 2 aromatic rings. The van der Waals surface area contributed by atoms with Gasteiger partial charge in [0, 0.05) is 63.6 Å². The van der Waals surface area contributed by atoms with Crippen molar-refractivity contribution >= 4 is 0 Å². The van der Waals surface area contributed by atoms with Gasteiger partial charge in [-0.05, 0) is 20.3 Å². The van der Waals surface area contributed by atoms with Gasteiger partial charge in [0.25, 0.3) is 0 Å². The molecule has 3 rings (SSSR count). The first kappa shape index (κ1) is 17.9. The zero-order valence-corrected chi connectivity index (χ0v) is 15.5. The van der Waals surface area contributed by atoms with Gasteiger partial charge in [-0.25, -0.2) is 0 Å². The van der Waals surface area contributed by atoms with Crippen molar-refractivity contribution in [2.24, 2.45) is 0 Å². The molecule has 1 fully saturated rings. The van der Waals surface area contributed by atoms with Crippen molar-refractivity contribution in [2.45, 2.75) is 52.7 Å². The summed E-state index contributed by atoms with van der Waals surface area (Å²) in [6.45, 7) is 11.2. The van der Waals surface area contributed by atoms with Crippen molar-refractivity contribution in [1.82, 2.24) is 29.7 Å². The van der Waals surface area contributed by atoms with Crippen LogP contribution in [0.2, 0.25) is 0 Å². The number of aromatic nitrogens is 4. The molecule has 1 aliphatic rings. The number of piperazine rings is 1. The number of nitrogens with zero attached hydrogens (tertiary/aromatic N) is 6. The highest BCUT2D eigenvalue weighted by Crippen LogP contribution is 2.18. The maximum absolute atomic E-state index is 4.53. The number of hydrogen-bond donors (Lipinski definition) is 0. The predicted molar refractivity (Wildman–Crippen MR) is 97.9 cm³/mol. The summed E-state index contributed by atoms with van der Waals surface area (Å²) in [6.07, 6.45) is 9.92. The van der Waals surface area contributed by atoms with Crippen molar-refractivity contribution in [2.75, 3.05) is 19.6 Å². The fraction of sp³-hybridized carbons (Fsp3) is 0.579. The Morgan fingerprint density at radius 2 is 1.52 bits per heavy atom. The van der Waals surface area contributed by atoms with E-state index in [1.807, 2.05) is 38.6 Å². The van der Waals surface area contributed by atoms with Crippen molar-refractivity contribution in [3.8, 4) is 0 Å². The van der Waals surface area contributed by atoms with E-state index in [-0.39, 0.29) is 0 Å². The summed E-state index contributed by atoms with van der Waals surface area (Å²) in [7, 11) is 0. The molecule has 0 amide bonds. The Bertz CT molecular complexity index is 655. The molecule has 0 N–H and O–H groups in total. The minimum atomic E-state index is 0.556. The van der Waals surface area contributed by atoms with Gasteiger partial charge in [-0.3, -0.25) is 29.7 Å². The predicted octanol–water partition coefficient (Wildman–Crippen LogP) is 2.37. The van der Waals surface area contributed by atoms with Gasteiger partial charge in [0.15, 0.2) is 0 Å². The second kappa shape index (κ2) is 8.45. The van der Waals surface area contributed by atoms with Crippen LogP contribution >= 0.6 is 0 Å². The Labute approximate surface area is 150 Å². The quantitative estimate of drug-likeness (QED) is 0.805. The van der Waals surface area contributed by atoms with E-state index in [9.17, 15) is 0 Å². The summed E-state index contributed by atoms with van der Waals surface area (Å²) in [4.78, 5) is 22.8. The molecule has 1 atom stereocenters. The van der Waals surface area contributed by atoms with Crippen LogP contribution in [0.4, 0.5) is 0 Å². The SMILES string of the molecule is CCC[C@H]1CN(Cc2cnc(C)cn2)CCN1Cc1cnc(C)cn1. The van der Waals surface area contributed by atoms with Gasteiger partial charge in [0.05, 0.1) is 22.8 Å². The Kier molecular flexibility index (Phi) is 6.04. The lowest BCUT2D eigenvalue weighted by molar-refractivity contribution is 0.0575. The maximum Gasteiger partial charge on any atom is 0.0727 e. The number of rotatable bonds is 6. The summed E-state index contributed by atoms with van der Waals surface area (Å²) in [5.74, 6) is 0. The normalized spacial score (nSPS) is 19.2. The third-order valence-corrected chi connectivity index (χ3v) is 4.73. The minimum absolute atomic E-state index is 0.556. The average molecular weight is 340 g/mol. The third-order valence-electron chi connectivity index (χ3n) is 4.73. The molecule has 0 spiro atoms. The highest BCUT2D eigenvalue weighted by Gasteiger charge is 2.27. The van der Waals surface area contributed by atoms with Crippen LogP contribution in [0.25, 0.3) is 0 Å². The summed E-state index contributed by atoms with van der Waals surface area (Å²) in [5, 5.41) is 0. The monoisotopic (exact) mass is 340 g/mol. The molecular formula is C19H28N6. The lowest BCUT2D eigenvalue weighted by Gasteiger charge is -2.41. The van der Waals surface area contributed by atoms with Crippen molar-refractivity contribution in [1.29, 1.82) is 0 Å². The van der Waals surface area contributed by atoms with Gasteiger partial charge in [0.2, 0.25) is 0 Å². The molecule has 0 aromatic carbocycles. The highest BCUT2D eigenvalue weighted by molar-refractivity contribution is 5.03. The maximum atomic E-state index is 4.53. The van der Waals surface area contributed by atoms with E-state index in [0.717, 1.165) is 55.5 Å². The van der Waals surface area contributed by atoms with Crippen LogP contribution in [0, 0.1) is 13.8 Å². The second-order valence-corrected chi connectivity index (χ2v) is 6.95. The van der Waals surface area contributed by atoms with E-state index in [4.69, 9.17) is 0 Å². The topological polar surface area (TPSA) is 58.0 Å². The van der Waals surface area contributed by atoms with Crippen LogP contribution in [-0.2, 0) is 13.1 Å². The Morgan fingerprint density at radius 1 is 0.880 bits per heavy atom. The van der Waals surface area contributed by atoms with E-state index in [1.165, 1.54) is 12.8 Å². The van der Waals surface area contributed by atoms with Gasteiger partial charge in [0.1, 0.15) is 0 Å². The zero-order chi connectivity index (χ0) is 17.6. The number of hydrogen-bond acceptors (Lipinski definition) is 6. The van der Waals surface area contributed by atoms with Crippen LogP contribution in [0.5, 0.6) is 0 Å². The van der Waals surface area contributed by atoms with Gasteiger partial charge >= 0.3 is 0 Å². The molecule has 6 nitrogen and oxygen atoms in total. The molecule has 2 aromatic heterocycles. The summed E-state index contributed by atoms with van der Waals surface area (Å²) in [6, 6.07) is 0.556. The van der Waals surface area contributed by atoms with Gasteiger partial charge in [-0.15, -0.1) is 0 Å². The zero-order valence-electron chi connectivity index (χ0n) is 15.5. The van der Waals surface area contributed by atoms with E-state index in [1.54, 1.807) is 0 Å². The first-order valence-corrected chi connectivity index (χ1v) is 9.15. The Hall–Kier alpha value is -1.92. The molecule has 0 saturated carbocycles. The molecule has 0 radical (unpaired) electrons. The second-order valence-electron chi connectivity index (χ2n) is 6.95. The van der Waals surface area contributed by atoms with Gasteiger partial charge in [-0.2, -0.15) is 0 Å². The molecular weight excluding hydrogens is 312 g/mol. The average Bonchev–Trinajstić information content (AvgIpc) is 2.61. The van der Waals surface area contributed by atoms with Gasteiger partial charge < -0.3 is 0 Å². The molecule has 0 unspecified atom stereocenters. The molecule has 0 bridgehead atoms. The highest BCUT2D eigenvalue weighted by atomic mass is 15.3. The largest absolute Gasteiger partial charge is 0.295 e. The standard InChI is InChI=1S/C19H28N6/c1-4-5-19-14-24(12-17-10-20-15(2)8-22-17)6-7-25(19)13-18-11-21-16(3)9-23-18/h8-11,19H,4-7,12-14H2,1-3H3/t19-/m0/s1. The van der Waals surface area contributed by atoms with E-state index >= 15 is 0 Å². The van der Waals surface area contributed by atoms with E-state index in [0.29, 0.717) is 6.04 Å².